The lowest BCUT2D eigenvalue weighted by atomic mass is 10.1. The predicted octanol–water partition coefficient (Wildman–Crippen LogP) is 9.67. The zero-order valence-corrected chi connectivity index (χ0v) is 23.1. The van der Waals surface area contributed by atoms with E-state index in [4.69, 9.17) is 103 Å². The molecular weight excluding hydrogens is 601 g/mol. The molecule has 1 nitrogen and oxygen atoms in total. The molecule has 0 aliphatic rings. The van der Waals surface area contributed by atoms with Crippen LogP contribution >= 0.6 is 103 Å². The van der Waals surface area contributed by atoms with Crippen LogP contribution < -0.4 is 10.1 Å². The first-order valence-corrected chi connectivity index (χ1v) is 15.9. The first-order valence-electron chi connectivity index (χ1n) is 8.59. The van der Waals surface area contributed by atoms with Gasteiger partial charge in [-0.3, -0.25) is 0 Å². The summed E-state index contributed by atoms with van der Waals surface area (Å²) in [5.41, 5.74) is 3.56. The third kappa shape index (κ3) is 6.67. The predicted molar refractivity (Wildman–Crippen MR) is 143 cm³/mol. The van der Waals surface area contributed by atoms with E-state index >= 15 is 0 Å². The van der Waals surface area contributed by atoms with Gasteiger partial charge >= 0.3 is 6.00 Å². The van der Waals surface area contributed by atoms with Gasteiger partial charge in [0.15, 0.2) is 0 Å². The van der Waals surface area contributed by atoms with Crippen LogP contribution in [-0.4, -0.2) is 6.00 Å². The molecular formula is C20H12Cl9NSi. The molecule has 0 aliphatic heterocycles. The third-order valence-corrected chi connectivity index (χ3v) is 8.62. The van der Waals surface area contributed by atoms with Crippen molar-refractivity contribution in [3.8, 4) is 0 Å². The molecule has 31 heavy (non-hydrogen) atoms. The van der Waals surface area contributed by atoms with E-state index in [0.717, 1.165) is 17.1 Å². The number of rotatable bonds is 4. The second-order valence-corrected chi connectivity index (χ2v) is 19.4. The van der Waals surface area contributed by atoms with Gasteiger partial charge in [-0.25, -0.2) is 0 Å². The van der Waals surface area contributed by atoms with E-state index in [9.17, 15) is 0 Å². The van der Waals surface area contributed by atoms with Gasteiger partial charge in [0.2, 0.25) is 7.59 Å². The van der Waals surface area contributed by atoms with E-state index in [1.807, 2.05) is 41.3 Å². The van der Waals surface area contributed by atoms with Gasteiger partial charge in [-0.15, -0.1) is 33.2 Å². The molecule has 0 atom stereocenters. The molecule has 0 saturated heterocycles. The molecule has 0 bridgehead atoms. The van der Waals surface area contributed by atoms with Gasteiger partial charge in [0.05, 0.1) is 0 Å². The van der Waals surface area contributed by atoms with Crippen molar-refractivity contribution in [3.05, 3.63) is 83.9 Å². The largest absolute Gasteiger partial charge is 0.372 e. The summed E-state index contributed by atoms with van der Waals surface area (Å²) in [6, 6.07) is 18.7. The SMILES string of the molecule is ClC(Cl)(Cl)c1ccc(N(c2ccc(C(Cl)(Cl)Cl)cc2)c2ccc([Si](Cl)(Cl)Cl)cc2)cc1. The lowest BCUT2D eigenvalue weighted by Gasteiger charge is -2.27. The Balaban J connectivity index is 2.08. The number of alkyl halides is 6. The highest BCUT2D eigenvalue weighted by Crippen LogP contribution is 2.42. The van der Waals surface area contributed by atoms with Crippen LogP contribution in [0.15, 0.2) is 72.8 Å². The maximum Gasteiger partial charge on any atom is 0.372 e. The monoisotopic (exact) mass is 609 g/mol. The van der Waals surface area contributed by atoms with Crippen LogP contribution in [0.25, 0.3) is 0 Å². The third-order valence-electron chi connectivity index (χ3n) is 4.36. The molecule has 0 saturated carbocycles. The number of benzene rings is 3. The molecule has 0 aliphatic carbocycles. The van der Waals surface area contributed by atoms with Crippen LogP contribution in [0.2, 0.25) is 0 Å². The minimum absolute atomic E-state index is 0.547. The fourth-order valence-electron chi connectivity index (χ4n) is 2.85. The summed E-state index contributed by atoms with van der Waals surface area (Å²) in [4.78, 5) is 1.98. The van der Waals surface area contributed by atoms with Crippen molar-refractivity contribution in [2.45, 2.75) is 7.59 Å². The summed E-state index contributed by atoms with van der Waals surface area (Å²) >= 11 is 54.3. The number of hydrogen-bond donors (Lipinski definition) is 0. The Kier molecular flexibility index (Phi) is 8.25. The van der Waals surface area contributed by atoms with Crippen molar-refractivity contribution < 1.29 is 0 Å². The molecule has 3 aromatic rings. The molecule has 0 aromatic heterocycles. The van der Waals surface area contributed by atoms with E-state index in [1.54, 1.807) is 36.4 Å². The number of anilines is 3. The maximum absolute atomic E-state index is 6.13. The molecule has 164 valence electrons. The van der Waals surface area contributed by atoms with Gasteiger partial charge in [0, 0.05) is 28.2 Å². The smallest absolute Gasteiger partial charge is 0.311 e. The zero-order valence-electron chi connectivity index (χ0n) is 15.3. The molecule has 11 heteroatoms. The molecule has 3 aromatic carbocycles. The highest BCUT2D eigenvalue weighted by molar-refractivity contribution is 7.69. The Labute approximate surface area is 225 Å². The minimum atomic E-state index is -3.00. The Hall–Kier alpha value is 0.287. The number of hydrogen-bond acceptors (Lipinski definition) is 1. The Morgan fingerprint density at radius 3 is 1.03 bits per heavy atom. The average Bonchev–Trinajstić information content (AvgIpc) is 2.67. The fourth-order valence-corrected chi connectivity index (χ4v) is 5.28. The molecule has 0 unspecified atom stereocenters. The number of halogens is 9. The van der Waals surface area contributed by atoms with Crippen molar-refractivity contribution in [2.24, 2.45) is 0 Å². The second-order valence-electron chi connectivity index (χ2n) is 6.47. The topological polar surface area (TPSA) is 3.24 Å². The Morgan fingerprint density at radius 2 is 0.774 bits per heavy atom. The van der Waals surface area contributed by atoms with Gasteiger partial charge in [0.1, 0.15) is 0 Å². The quantitative estimate of drug-likeness (QED) is 0.161. The Morgan fingerprint density at radius 1 is 0.484 bits per heavy atom. The van der Waals surface area contributed by atoms with Crippen molar-refractivity contribution >= 4 is 131 Å². The van der Waals surface area contributed by atoms with E-state index in [2.05, 4.69) is 0 Å². The van der Waals surface area contributed by atoms with E-state index in [0.29, 0.717) is 16.3 Å². The van der Waals surface area contributed by atoms with E-state index in [1.165, 1.54) is 0 Å². The number of nitrogens with zero attached hydrogens (tertiary/aromatic N) is 1. The van der Waals surface area contributed by atoms with Gasteiger partial charge < -0.3 is 4.90 Å². The van der Waals surface area contributed by atoms with Gasteiger partial charge in [0.25, 0.3) is 0 Å². The second kappa shape index (κ2) is 9.88. The maximum atomic E-state index is 6.13. The average molecular weight is 613 g/mol. The van der Waals surface area contributed by atoms with E-state index in [-0.39, 0.29) is 0 Å². The van der Waals surface area contributed by atoms with E-state index < -0.39 is 13.6 Å². The van der Waals surface area contributed by atoms with Crippen LogP contribution in [0.1, 0.15) is 11.1 Å². The van der Waals surface area contributed by atoms with Crippen LogP contribution in [0, 0.1) is 0 Å². The first-order chi connectivity index (χ1) is 14.3. The van der Waals surface area contributed by atoms with Crippen LogP contribution in [0.4, 0.5) is 17.1 Å². The van der Waals surface area contributed by atoms with Crippen molar-refractivity contribution in [1.82, 2.24) is 0 Å². The molecule has 0 radical (unpaired) electrons. The Bertz CT molecular complexity index is 883. The van der Waals surface area contributed by atoms with Crippen molar-refractivity contribution in [1.29, 1.82) is 0 Å². The highest BCUT2D eigenvalue weighted by atomic mass is 35.8. The van der Waals surface area contributed by atoms with Crippen molar-refractivity contribution in [2.75, 3.05) is 4.90 Å². The molecule has 3 rings (SSSR count). The summed E-state index contributed by atoms with van der Waals surface area (Å²) in [6.07, 6.45) is 0. The van der Waals surface area contributed by atoms with Crippen LogP contribution in [-0.2, 0) is 7.59 Å². The normalized spacial score (nSPS) is 12.7. The summed E-state index contributed by atoms with van der Waals surface area (Å²) in [6.45, 7) is 0. The van der Waals surface area contributed by atoms with Crippen molar-refractivity contribution in [3.63, 3.8) is 0 Å². The van der Waals surface area contributed by atoms with Gasteiger partial charge in [-0.1, -0.05) is 106 Å². The lowest BCUT2D eigenvalue weighted by Crippen LogP contribution is -2.29. The lowest BCUT2D eigenvalue weighted by molar-refractivity contribution is 1.21. The summed E-state index contributed by atoms with van der Waals surface area (Å²) in [7, 11) is 0. The fraction of sp³-hybridized carbons (Fsp3) is 0.100. The molecule has 0 heterocycles. The molecule has 0 fully saturated rings. The van der Waals surface area contributed by atoms with Gasteiger partial charge in [-0.05, 0) is 41.6 Å². The zero-order chi connectivity index (χ0) is 23.0. The first kappa shape index (κ1) is 25.9. The van der Waals surface area contributed by atoms with Gasteiger partial charge in [-0.2, -0.15) is 0 Å². The molecule has 0 amide bonds. The summed E-state index contributed by atoms with van der Waals surface area (Å²) in [5.74, 6) is 0. The van der Waals surface area contributed by atoms with Crippen LogP contribution in [0.3, 0.4) is 0 Å². The molecule has 0 N–H and O–H groups in total. The van der Waals surface area contributed by atoms with Crippen LogP contribution in [0.5, 0.6) is 0 Å². The summed E-state index contributed by atoms with van der Waals surface area (Å²) < 4.78 is -3.04. The molecule has 0 spiro atoms. The highest BCUT2D eigenvalue weighted by Gasteiger charge is 2.28. The standard InChI is InChI=1S/C20H12Cl9NSi/c21-19(22,23)13-1-5-15(6-2-13)30(16-7-3-14(4-8-16)20(24,25)26)17-9-11-18(12-10-17)31(27,28)29/h1-12H. The minimum Gasteiger partial charge on any atom is -0.311 e. The summed E-state index contributed by atoms with van der Waals surface area (Å²) in [5, 5.41) is 0.680.